The highest BCUT2D eigenvalue weighted by Gasteiger charge is 2.28. The Balaban J connectivity index is 1.87. The number of fused-ring (bicyclic) bond motifs is 1. The van der Waals surface area contributed by atoms with Crippen molar-refractivity contribution >= 4 is 28.9 Å². The molecule has 0 saturated heterocycles. The van der Waals surface area contributed by atoms with Gasteiger partial charge in [-0.25, -0.2) is 9.18 Å². The largest absolute Gasteiger partial charge is 0.443 e. The van der Waals surface area contributed by atoms with E-state index < -0.39 is 22.4 Å². The SMILES string of the molecule is CN(C(=O)OC(C)(C)C)c1cc2c(cc1F)CN(c1ccc([N+](=O)[O-])cc1)CC2=O. The highest BCUT2D eigenvalue weighted by atomic mass is 19.1. The van der Waals surface area contributed by atoms with Crippen molar-refractivity contribution < 1.29 is 23.6 Å². The maximum atomic E-state index is 14.8. The fourth-order valence-electron chi connectivity index (χ4n) is 3.17. The number of Topliss-reactive ketones (excluding diaryl/α,β-unsaturated/α-hetero) is 1. The molecule has 158 valence electrons. The Kier molecular flexibility index (Phi) is 5.47. The highest BCUT2D eigenvalue weighted by molar-refractivity contribution is 6.03. The summed E-state index contributed by atoms with van der Waals surface area (Å²) in [5, 5.41) is 10.8. The van der Waals surface area contributed by atoms with Crippen molar-refractivity contribution in [3.8, 4) is 0 Å². The lowest BCUT2D eigenvalue weighted by molar-refractivity contribution is -0.384. The Labute approximate surface area is 173 Å². The van der Waals surface area contributed by atoms with Gasteiger partial charge in [-0.15, -0.1) is 0 Å². The lowest BCUT2D eigenvalue weighted by atomic mass is 9.96. The molecule has 0 bridgehead atoms. The Morgan fingerprint density at radius 3 is 2.40 bits per heavy atom. The Hall–Kier alpha value is -3.49. The second-order valence-corrected chi connectivity index (χ2v) is 8.05. The minimum atomic E-state index is -0.739. The maximum Gasteiger partial charge on any atom is 0.414 e. The number of anilines is 2. The Bertz CT molecular complexity index is 1010. The minimum absolute atomic E-state index is 0.0338. The molecule has 8 nitrogen and oxygen atoms in total. The van der Waals surface area contributed by atoms with Crippen molar-refractivity contribution in [3.63, 3.8) is 0 Å². The second kappa shape index (κ2) is 7.74. The molecule has 2 aromatic rings. The summed E-state index contributed by atoms with van der Waals surface area (Å²) >= 11 is 0. The van der Waals surface area contributed by atoms with Crippen molar-refractivity contribution in [2.75, 3.05) is 23.4 Å². The number of hydrogen-bond acceptors (Lipinski definition) is 6. The van der Waals surface area contributed by atoms with Gasteiger partial charge in [0.25, 0.3) is 5.69 Å². The summed E-state index contributed by atoms with van der Waals surface area (Å²) < 4.78 is 20.0. The molecular formula is C21H22FN3O5. The van der Waals surface area contributed by atoms with Gasteiger partial charge in [-0.1, -0.05) is 0 Å². The van der Waals surface area contributed by atoms with Crippen LogP contribution in [0, 0.1) is 15.9 Å². The number of carbonyl (C=O) groups excluding carboxylic acids is 2. The molecular weight excluding hydrogens is 393 g/mol. The maximum absolute atomic E-state index is 14.8. The molecule has 1 heterocycles. The van der Waals surface area contributed by atoms with Crippen molar-refractivity contribution in [3.05, 3.63) is 63.5 Å². The van der Waals surface area contributed by atoms with E-state index in [9.17, 15) is 24.1 Å². The number of amides is 1. The van der Waals surface area contributed by atoms with Gasteiger partial charge in [-0.2, -0.15) is 0 Å². The smallest absolute Gasteiger partial charge is 0.414 e. The van der Waals surface area contributed by atoms with E-state index in [2.05, 4.69) is 0 Å². The molecule has 0 atom stereocenters. The van der Waals surface area contributed by atoms with Gasteiger partial charge in [0.15, 0.2) is 5.78 Å². The average molecular weight is 415 g/mol. The van der Waals surface area contributed by atoms with Crippen LogP contribution in [0.2, 0.25) is 0 Å². The molecule has 1 amide bonds. The molecule has 0 saturated carbocycles. The van der Waals surface area contributed by atoms with Crippen LogP contribution in [0.5, 0.6) is 0 Å². The highest BCUT2D eigenvalue weighted by Crippen LogP contribution is 2.31. The van der Waals surface area contributed by atoms with Gasteiger partial charge in [0.2, 0.25) is 0 Å². The lowest BCUT2D eigenvalue weighted by Gasteiger charge is -2.31. The first-order valence-electron chi connectivity index (χ1n) is 9.28. The van der Waals surface area contributed by atoms with Crippen LogP contribution in [0.25, 0.3) is 0 Å². The quantitative estimate of drug-likeness (QED) is 0.548. The van der Waals surface area contributed by atoms with Crippen molar-refractivity contribution in [2.45, 2.75) is 32.9 Å². The summed E-state index contributed by atoms with van der Waals surface area (Å²) in [6, 6.07) is 8.42. The fraction of sp³-hybridized carbons (Fsp3) is 0.333. The zero-order valence-corrected chi connectivity index (χ0v) is 17.1. The number of hydrogen-bond donors (Lipinski definition) is 0. The molecule has 9 heteroatoms. The van der Waals surface area contributed by atoms with Gasteiger partial charge in [0.05, 0.1) is 17.2 Å². The molecule has 0 fully saturated rings. The molecule has 0 aliphatic carbocycles. The van der Waals surface area contributed by atoms with E-state index in [1.54, 1.807) is 37.8 Å². The molecule has 0 spiro atoms. The van der Waals surface area contributed by atoms with Crippen LogP contribution in [0.3, 0.4) is 0 Å². The first-order valence-corrected chi connectivity index (χ1v) is 9.28. The lowest BCUT2D eigenvalue weighted by Crippen LogP contribution is -2.37. The number of benzene rings is 2. The number of nitro groups is 1. The van der Waals surface area contributed by atoms with Gasteiger partial charge >= 0.3 is 6.09 Å². The molecule has 3 rings (SSSR count). The van der Waals surface area contributed by atoms with Crippen molar-refractivity contribution in [2.24, 2.45) is 0 Å². The summed E-state index contributed by atoms with van der Waals surface area (Å²) in [5.74, 6) is -0.895. The number of nitrogens with zero attached hydrogens (tertiary/aromatic N) is 3. The second-order valence-electron chi connectivity index (χ2n) is 8.05. The van der Waals surface area contributed by atoms with Crippen LogP contribution in [0.4, 0.5) is 26.2 Å². The molecule has 0 radical (unpaired) electrons. The monoisotopic (exact) mass is 415 g/mol. The summed E-state index contributed by atoms with van der Waals surface area (Å²) in [6.07, 6.45) is -0.725. The van der Waals surface area contributed by atoms with E-state index in [0.717, 1.165) is 4.90 Å². The third-order valence-corrected chi connectivity index (χ3v) is 4.62. The van der Waals surface area contributed by atoms with E-state index >= 15 is 0 Å². The predicted octanol–water partition coefficient (Wildman–Crippen LogP) is 4.31. The first kappa shape index (κ1) is 21.2. The third-order valence-electron chi connectivity index (χ3n) is 4.62. The van der Waals surface area contributed by atoms with E-state index in [4.69, 9.17) is 4.74 Å². The van der Waals surface area contributed by atoms with E-state index in [-0.39, 0.29) is 30.2 Å². The minimum Gasteiger partial charge on any atom is -0.443 e. The molecule has 30 heavy (non-hydrogen) atoms. The zero-order valence-electron chi connectivity index (χ0n) is 17.1. The number of ether oxygens (including phenoxy) is 1. The van der Waals surface area contributed by atoms with Crippen LogP contribution >= 0.6 is 0 Å². The van der Waals surface area contributed by atoms with Crippen LogP contribution in [0.15, 0.2) is 36.4 Å². The Morgan fingerprint density at radius 1 is 1.20 bits per heavy atom. The normalized spacial score (nSPS) is 13.6. The topological polar surface area (TPSA) is 93.0 Å². The molecule has 1 aliphatic rings. The third kappa shape index (κ3) is 4.40. The molecule has 0 N–H and O–H groups in total. The number of carbonyl (C=O) groups is 2. The summed E-state index contributed by atoms with van der Waals surface area (Å²) in [7, 11) is 1.38. The molecule has 0 aromatic heterocycles. The van der Waals surface area contributed by atoms with Crippen molar-refractivity contribution in [1.82, 2.24) is 0 Å². The first-order chi connectivity index (χ1) is 14.0. The predicted molar refractivity (Wildman–Crippen MR) is 110 cm³/mol. The number of non-ortho nitro benzene ring substituents is 1. The van der Waals surface area contributed by atoms with Crippen LogP contribution < -0.4 is 9.80 Å². The van der Waals surface area contributed by atoms with Gasteiger partial charge in [-0.05, 0) is 50.6 Å². The summed E-state index contributed by atoms with van der Waals surface area (Å²) in [4.78, 5) is 38.1. The standard InChI is InChI=1S/C21H22FN3O5/c1-21(2,3)30-20(27)23(4)18-10-16-13(9-17(18)22)11-24(12-19(16)26)14-5-7-15(8-6-14)25(28)29/h5-10H,11-12H2,1-4H3. The molecule has 0 unspecified atom stereocenters. The summed E-state index contributed by atoms with van der Waals surface area (Å²) in [5.41, 5.74) is 0.596. The zero-order chi connectivity index (χ0) is 22.2. The van der Waals surface area contributed by atoms with E-state index in [1.807, 2.05) is 0 Å². The van der Waals surface area contributed by atoms with Gasteiger partial charge in [0.1, 0.15) is 11.4 Å². The van der Waals surface area contributed by atoms with Gasteiger partial charge < -0.3 is 9.64 Å². The Morgan fingerprint density at radius 2 is 1.83 bits per heavy atom. The molecule has 1 aliphatic heterocycles. The van der Waals surface area contributed by atoms with E-state index in [1.165, 1.54) is 31.3 Å². The van der Waals surface area contributed by atoms with Crippen LogP contribution in [-0.4, -0.2) is 36.0 Å². The molecule has 2 aromatic carbocycles. The van der Waals surface area contributed by atoms with Crippen LogP contribution in [0.1, 0.15) is 36.7 Å². The van der Waals surface area contributed by atoms with Crippen molar-refractivity contribution in [1.29, 1.82) is 0 Å². The number of rotatable bonds is 3. The number of nitro benzene ring substituents is 1. The number of ketones is 1. The fourth-order valence-corrected chi connectivity index (χ4v) is 3.17. The summed E-state index contributed by atoms with van der Waals surface area (Å²) in [6.45, 7) is 5.41. The van der Waals surface area contributed by atoms with Gasteiger partial charge in [-0.3, -0.25) is 19.8 Å². The average Bonchev–Trinajstić information content (AvgIpc) is 2.65. The van der Waals surface area contributed by atoms with Gasteiger partial charge in [0, 0.05) is 37.0 Å². The van der Waals surface area contributed by atoms with Crippen LogP contribution in [-0.2, 0) is 11.3 Å². The van der Waals surface area contributed by atoms with E-state index in [0.29, 0.717) is 16.8 Å². The number of halogens is 1.